The normalized spacial score (nSPS) is 11.8. The van der Waals surface area contributed by atoms with E-state index in [0.29, 0.717) is 3.97 Å². The highest BCUT2D eigenvalue weighted by Crippen LogP contribution is 2.32. The van der Waals surface area contributed by atoms with E-state index >= 15 is 0 Å². The number of fused-ring (bicyclic) bond motifs is 1. The van der Waals surface area contributed by atoms with E-state index in [1.165, 1.54) is 6.07 Å². The third kappa shape index (κ3) is 2.29. The maximum Gasteiger partial charge on any atom is 0.359 e. The highest BCUT2D eigenvalue weighted by atomic mass is 35.5. The number of carbonyl (C=O) groups excluding carboxylic acids is 1. The summed E-state index contributed by atoms with van der Waals surface area (Å²) in [6.45, 7) is 1.58. The van der Waals surface area contributed by atoms with E-state index in [9.17, 15) is 18.3 Å². The van der Waals surface area contributed by atoms with Crippen molar-refractivity contribution in [3.63, 3.8) is 0 Å². The number of aromatic hydroxyl groups is 1. The Balaban J connectivity index is 2.92. The third-order valence-electron chi connectivity index (χ3n) is 2.41. The van der Waals surface area contributed by atoms with Gasteiger partial charge in [-0.25, -0.2) is 17.2 Å². The SMILES string of the molecule is CCOC(=O)c1c(O)c2nnc(Cl)cc2n1S(C)(=O)=O. The fourth-order valence-electron chi connectivity index (χ4n) is 1.73. The van der Waals surface area contributed by atoms with Gasteiger partial charge >= 0.3 is 5.97 Å². The first-order chi connectivity index (χ1) is 9.27. The molecular weight excluding hydrogens is 310 g/mol. The molecule has 8 nitrogen and oxygen atoms in total. The molecule has 2 heterocycles. The standard InChI is InChI=1S/C10H10ClN3O5S/c1-3-19-10(16)8-9(15)7-5(4-6(11)12-13-7)14(8)20(2,17)18/h4,15H,3H2,1-2H3. The van der Waals surface area contributed by atoms with Crippen molar-refractivity contribution >= 4 is 38.6 Å². The largest absolute Gasteiger partial charge is 0.504 e. The monoisotopic (exact) mass is 319 g/mol. The van der Waals surface area contributed by atoms with E-state index in [4.69, 9.17) is 16.3 Å². The van der Waals surface area contributed by atoms with E-state index in [1.807, 2.05) is 0 Å². The van der Waals surface area contributed by atoms with Crippen LogP contribution in [0.25, 0.3) is 11.0 Å². The average Bonchev–Trinajstić information content (AvgIpc) is 2.62. The lowest BCUT2D eigenvalue weighted by atomic mass is 10.3. The second-order valence-electron chi connectivity index (χ2n) is 3.85. The van der Waals surface area contributed by atoms with Gasteiger partial charge in [-0.3, -0.25) is 0 Å². The van der Waals surface area contributed by atoms with Crippen LogP contribution in [0, 0.1) is 0 Å². The predicted octanol–water partition coefficient (Wildman–Crippen LogP) is 0.775. The summed E-state index contributed by atoms with van der Waals surface area (Å²) < 4.78 is 29.1. The molecule has 0 unspecified atom stereocenters. The summed E-state index contributed by atoms with van der Waals surface area (Å²) in [5.74, 6) is -1.60. The van der Waals surface area contributed by atoms with Crippen molar-refractivity contribution in [1.29, 1.82) is 0 Å². The molecule has 0 aliphatic rings. The van der Waals surface area contributed by atoms with Gasteiger partial charge in [0.15, 0.2) is 22.1 Å². The first-order valence-electron chi connectivity index (χ1n) is 5.41. The highest BCUT2D eigenvalue weighted by molar-refractivity contribution is 7.89. The van der Waals surface area contributed by atoms with Crippen LogP contribution in [0.5, 0.6) is 5.75 Å². The Morgan fingerprint density at radius 2 is 2.15 bits per heavy atom. The first kappa shape index (κ1) is 14.5. The molecule has 108 valence electrons. The van der Waals surface area contributed by atoms with Gasteiger partial charge in [-0.05, 0) is 6.92 Å². The molecule has 0 radical (unpaired) electrons. The molecule has 0 fully saturated rings. The zero-order chi connectivity index (χ0) is 15.1. The number of nitrogens with zero attached hydrogens (tertiary/aromatic N) is 3. The Morgan fingerprint density at radius 1 is 1.50 bits per heavy atom. The number of aromatic nitrogens is 3. The Kier molecular flexibility index (Phi) is 3.57. The van der Waals surface area contributed by atoms with Crippen molar-refractivity contribution in [2.24, 2.45) is 0 Å². The lowest BCUT2D eigenvalue weighted by Crippen LogP contribution is -2.18. The van der Waals surface area contributed by atoms with Crippen LogP contribution in [0.3, 0.4) is 0 Å². The van der Waals surface area contributed by atoms with Crippen molar-refractivity contribution in [1.82, 2.24) is 14.2 Å². The van der Waals surface area contributed by atoms with Crippen LogP contribution < -0.4 is 0 Å². The van der Waals surface area contributed by atoms with Gasteiger partial charge in [0, 0.05) is 6.07 Å². The molecule has 0 atom stereocenters. The minimum Gasteiger partial charge on any atom is -0.504 e. The highest BCUT2D eigenvalue weighted by Gasteiger charge is 2.29. The predicted molar refractivity (Wildman–Crippen MR) is 70.4 cm³/mol. The molecule has 0 bridgehead atoms. The number of ether oxygens (including phenoxy) is 1. The third-order valence-corrected chi connectivity index (χ3v) is 3.64. The molecule has 0 saturated carbocycles. The van der Waals surface area contributed by atoms with E-state index in [-0.39, 0.29) is 22.8 Å². The van der Waals surface area contributed by atoms with Crippen molar-refractivity contribution < 1.29 is 23.1 Å². The Morgan fingerprint density at radius 3 is 2.70 bits per heavy atom. The van der Waals surface area contributed by atoms with E-state index in [1.54, 1.807) is 6.92 Å². The van der Waals surface area contributed by atoms with E-state index in [0.717, 1.165) is 6.26 Å². The average molecular weight is 320 g/mol. The Hall–Kier alpha value is -1.87. The van der Waals surface area contributed by atoms with Crippen LogP contribution in [-0.2, 0) is 14.8 Å². The first-order valence-corrected chi connectivity index (χ1v) is 7.64. The van der Waals surface area contributed by atoms with Gasteiger partial charge in [0.05, 0.1) is 18.4 Å². The molecule has 0 aromatic carbocycles. The number of hydrogen-bond donors (Lipinski definition) is 1. The van der Waals surface area contributed by atoms with Gasteiger partial charge in [0.25, 0.3) is 0 Å². The van der Waals surface area contributed by atoms with Gasteiger partial charge in [0.2, 0.25) is 10.0 Å². The van der Waals surface area contributed by atoms with Gasteiger partial charge in [-0.15, -0.1) is 10.2 Å². The summed E-state index contributed by atoms with van der Waals surface area (Å²) >= 11 is 5.66. The number of carbonyl (C=O) groups is 1. The van der Waals surface area contributed by atoms with Crippen LogP contribution in [-0.4, -0.2) is 46.5 Å². The summed E-state index contributed by atoms with van der Waals surface area (Å²) in [6, 6.07) is 1.19. The van der Waals surface area contributed by atoms with Crippen molar-refractivity contribution in [2.75, 3.05) is 12.9 Å². The van der Waals surface area contributed by atoms with Crippen LogP contribution in [0.2, 0.25) is 5.15 Å². The van der Waals surface area contributed by atoms with Gasteiger partial charge < -0.3 is 9.84 Å². The molecule has 2 aromatic heterocycles. The zero-order valence-electron chi connectivity index (χ0n) is 10.5. The van der Waals surface area contributed by atoms with E-state index < -0.39 is 27.4 Å². The molecule has 2 rings (SSSR count). The van der Waals surface area contributed by atoms with Crippen LogP contribution >= 0.6 is 11.6 Å². The fraction of sp³-hybridized carbons (Fsp3) is 0.300. The molecule has 0 spiro atoms. The summed E-state index contributed by atoms with van der Waals surface area (Å²) in [4.78, 5) is 11.8. The maximum absolute atomic E-state index is 11.9. The van der Waals surface area contributed by atoms with Crippen molar-refractivity contribution in [3.8, 4) is 5.75 Å². The number of halogens is 1. The number of esters is 1. The second-order valence-corrected chi connectivity index (χ2v) is 6.06. The minimum absolute atomic E-state index is 0.0238. The maximum atomic E-state index is 11.9. The molecule has 10 heteroatoms. The number of rotatable bonds is 3. The molecule has 0 amide bonds. The summed E-state index contributed by atoms with van der Waals surface area (Å²) in [6.07, 6.45) is 0.878. The lowest BCUT2D eigenvalue weighted by molar-refractivity contribution is 0.0515. The van der Waals surface area contributed by atoms with Crippen LogP contribution in [0.1, 0.15) is 17.4 Å². The molecule has 0 saturated heterocycles. The second kappa shape index (κ2) is 4.91. The summed E-state index contributed by atoms with van der Waals surface area (Å²) in [5.41, 5.74) is -0.725. The van der Waals surface area contributed by atoms with Gasteiger partial charge in [-0.2, -0.15) is 0 Å². The van der Waals surface area contributed by atoms with Gasteiger partial charge in [-0.1, -0.05) is 11.6 Å². The lowest BCUT2D eigenvalue weighted by Gasteiger charge is -2.07. The zero-order valence-corrected chi connectivity index (χ0v) is 12.1. The van der Waals surface area contributed by atoms with Gasteiger partial charge in [0.1, 0.15) is 0 Å². The number of hydrogen-bond acceptors (Lipinski definition) is 7. The molecule has 1 N–H and O–H groups in total. The summed E-state index contributed by atoms with van der Waals surface area (Å²) in [5, 5.41) is 17.0. The van der Waals surface area contributed by atoms with Crippen LogP contribution in [0.4, 0.5) is 0 Å². The smallest absolute Gasteiger partial charge is 0.359 e. The van der Waals surface area contributed by atoms with Crippen LogP contribution in [0.15, 0.2) is 6.07 Å². The Bertz CT molecular complexity index is 799. The molecule has 0 aliphatic heterocycles. The van der Waals surface area contributed by atoms with Crippen molar-refractivity contribution in [2.45, 2.75) is 6.92 Å². The molecule has 20 heavy (non-hydrogen) atoms. The quantitative estimate of drug-likeness (QED) is 0.832. The summed E-state index contributed by atoms with van der Waals surface area (Å²) in [7, 11) is -3.89. The van der Waals surface area contributed by atoms with E-state index in [2.05, 4.69) is 10.2 Å². The topological polar surface area (TPSA) is 111 Å². The minimum atomic E-state index is -3.89. The molecule has 2 aromatic rings. The fourth-order valence-corrected chi connectivity index (χ4v) is 2.87. The molecular formula is C10H10ClN3O5S. The Labute approximate surface area is 119 Å². The molecule has 0 aliphatic carbocycles. The van der Waals surface area contributed by atoms with Crippen molar-refractivity contribution in [3.05, 3.63) is 16.9 Å².